The van der Waals surface area contributed by atoms with Gasteiger partial charge in [-0.25, -0.2) is 4.39 Å². The number of halogens is 2. The molecule has 3 aromatic rings. The van der Waals surface area contributed by atoms with E-state index in [9.17, 15) is 9.18 Å². The Morgan fingerprint density at radius 2 is 1.81 bits per heavy atom. The number of nitrogens with zero attached hydrogens (tertiary/aromatic N) is 1. The maximum atomic E-state index is 13.6. The zero-order chi connectivity index (χ0) is 26.2. The fourth-order valence-electron chi connectivity index (χ4n) is 4.26. The molecule has 0 radical (unpaired) electrons. The molecule has 1 amide bonds. The van der Waals surface area contributed by atoms with Crippen molar-refractivity contribution in [1.82, 2.24) is 5.32 Å². The van der Waals surface area contributed by atoms with Crippen LogP contribution in [-0.2, 0) is 13.0 Å². The summed E-state index contributed by atoms with van der Waals surface area (Å²) in [7, 11) is 0. The minimum atomic E-state index is -0.485. The maximum absolute atomic E-state index is 13.6. The van der Waals surface area contributed by atoms with Crippen molar-refractivity contribution in [2.75, 3.05) is 0 Å². The smallest absolute Gasteiger partial charge is 0.252 e. The third-order valence-corrected chi connectivity index (χ3v) is 6.17. The Kier molecular flexibility index (Phi) is 9.50. The first-order valence-electron chi connectivity index (χ1n) is 12.1. The molecule has 0 aliphatic carbocycles. The summed E-state index contributed by atoms with van der Waals surface area (Å²) in [5.41, 5.74) is 5.37. The number of aryl methyl sites for hydroxylation is 3. The molecule has 0 aliphatic rings. The molecule has 6 heteroatoms. The molecule has 0 heterocycles. The van der Waals surface area contributed by atoms with Crippen LogP contribution in [0.25, 0.3) is 0 Å². The van der Waals surface area contributed by atoms with Gasteiger partial charge >= 0.3 is 0 Å². The maximum Gasteiger partial charge on any atom is 0.252 e. The van der Waals surface area contributed by atoms with Gasteiger partial charge in [0.05, 0.1) is 17.1 Å². The van der Waals surface area contributed by atoms with Crippen molar-refractivity contribution < 1.29 is 13.9 Å². The largest absolute Gasteiger partial charge is 0.489 e. The fourth-order valence-corrected chi connectivity index (χ4v) is 4.46. The molecule has 3 rings (SSSR count). The van der Waals surface area contributed by atoms with E-state index < -0.39 is 5.82 Å². The third-order valence-electron chi connectivity index (χ3n) is 5.88. The van der Waals surface area contributed by atoms with Gasteiger partial charge in [-0.05, 0) is 73.6 Å². The lowest BCUT2D eigenvalue weighted by Crippen LogP contribution is -2.30. The summed E-state index contributed by atoms with van der Waals surface area (Å²) >= 11 is 5.88. The molecule has 1 atom stereocenters. The van der Waals surface area contributed by atoms with Gasteiger partial charge in [0.1, 0.15) is 18.2 Å². The molecular formula is C30H32ClFN2O2. The Bertz CT molecular complexity index is 1250. The standard InChI is InChI=1S/C30H32ClFN2O2/c1-19(2)12-29(24-14-20(3)13-21(4)15-24)34-30(35)26-17-25(9-8-23(26)6-5-11-33)36-18-22-7-10-28(32)27(31)16-22/h7-10,13-17,19,29H,5-6,12,18H2,1-4H3,(H,34,35). The van der Waals surface area contributed by atoms with Crippen LogP contribution < -0.4 is 10.1 Å². The zero-order valence-corrected chi connectivity index (χ0v) is 22.0. The highest BCUT2D eigenvalue weighted by Crippen LogP contribution is 2.26. The van der Waals surface area contributed by atoms with Gasteiger partial charge in [0.2, 0.25) is 0 Å². The molecule has 0 saturated carbocycles. The van der Waals surface area contributed by atoms with Crippen LogP contribution >= 0.6 is 11.6 Å². The highest BCUT2D eigenvalue weighted by molar-refractivity contribution is 6.30. The molecule has 0 bridgehead atoms. The molecule has 0 spiro atoms. The van der Waals surface area contributed by atoms with Crippen molar-refractivity contribution in [2.24, 2.45) is 5.92 Å². The molecule has 1 unspecified atom stereocenters. The predicted octanol–water partition coefficient (Wildman–Crippen LogP) is 7.65. The minimum Gasteiger partial charge on any atom is -0.489 e. The second-order valence-corrected chi connectivity index (χ2v) is 10.00. The van der Waals surface area contributed by atoms with Gasteiger partial charge in [0, 0.05) is 12.0 Å². The van der Waals surface area contributed by atoms with Gasteiger partial charge < -0.3 is 10.1 Å². The van der Waals surface area contributed by atoms with Crippen LogP contribution in [0.1, 0.15) is 70.9 Å². The highest BCUT2D eigenvalue weighted by atomic mass is 35.5. The van der Waals surface area contributed by atoms with E-state index in [1.54, 1.807) is 18.2 Å². The second kappa shape index (κ2) is 12.6. The second-order valence-electron chi connectivity index (χ2n) is 9.59. The Labute approximate surface area is 218 Å². The molecular weight excluding hydrogens is 475 g/mol. The number of hydrogen-bond donors (Lipinski definition) is 1. The van der Waals surface area contributed by atoms with E-state index in [1.807, 2.05) is 6.07 Å². The summed E-state index contributed by atoms with van der Waals surface area (Å²) in [6.07, 6.45) is 1.57. The van der Waals surface area contributed by atoms with E-state index in [0.29, 0.717) is 35.6 Å². The van der Waals surface area contributed by atoms with Crippen LogP contribution in [0.15, 0.2) is 54.6 Å². The van der Waals surface area contributed by atoms with Crippen molar-refractivity contribution in [1.29, 1.82) is 5.26 Å². The first-order chi connectivity index (χ1) is 17.2. The van der Waals surface area contributed by atoms with Crippen LogP contribution in [0.3, 0.4) is 0 Å². The number of rotatable bonds is 10. The lowest BCUT2D eigenvalue weighted by Gasteiger charge is -2.23. The summed E-state index contributed by atoms with van der Waals surface area (Å²) in [6, 6.07) is 18.1. The third kappa shape index (κ3) is 7.57. The first-order valence-corrected chi connectivity index (χ1v) is 12.5. The quantitative estimate of drug-likeness (QED) is 0.307. The van der Waals surface area contributed by atoms with Gasteiger partial charge in [-0.15, -0.1) is 0 Å². The molecule has 188 valence electrons. The Hall–Kier alpha value is -3.36. The number of nitrogens with one attached hydrogen (secondary N) is 1. The Balaban J connectivity index is 1.87. The van der Waals surface area contributed by atoms with E-state index in [-0.39, 0.29) is 23.6 Å². The van der Waals surface area contributed by atoms with Crippen LogP contribution in [-0.4, -0.2) is 5.91 Å². The lowest BCUT2D eigenvalue weighted by atomic mass is 9.93. The topological polar surface area (TPSA) is 62.1 Å². The molecule has 0 aromatic heterocycles. The van der Waals surface area contributed by atoms with Crippen molar-refractivity contribution in [3.63, 3.8) is 0 Å². The molecule has 0 fully saturated rings. The molecule has 4 nitrogen and oxygen atoms in total. The number of hydrogen-bond acceptors (Lipinski definition) is 3. The van der Waals surface area contributed by atoms with Gasteiger partial charge in [0.25, 0.3) is 5.91 Å². The minimum absolute atomic E-state index is 0.0330. The molecule has 0 aliphatic heterocycles. The fraction of sp³-hybridized carbons (Fsp3) is 0.333. The van der Waals surface area contributed by atoms with Crippen LogP contribution in [0, 0.1) is 36.9 Å². The number of nitriles is 1. The number of amides is 1. The summed E-state index contributed by atoms with van der Waals surface area (Å²) in [4.78, 5) is 13.6. The van der Waals surface area contributed by atoms with Crippen molar-refractivity contribution in [3.05, 3.63) is 98.8 Å². The first kappa shape index (κ1) is 27.2. The summed E-state index contributed by atoms with van der Waals surface area (Å²) in [5, 5.41) is 12.4. The normalized spacial score (nSPS) is 11.7. The Morgan fingerprint density at radius 1 is 1.08 bits per heavy atom. The average Bonchev–Trinajstić information content (AvgIpc) is 2.82. The van der Waals surface area contributed by atoms with Crippen LogP contribution in [0.5, 0.6) is 5.75 Å². The van der Waals surface area contributed by atoms with Gasteiger partial charge in [-0.1, -0.05) is 66.9 Å². The zero-order valence-electron chi connectivity index (χ0n) is 21.2. The van der Waals surface area contributed by atoms with Gasteiger partial charge in [-0.3, -0.25) is 4.79 Å². The van der Waals surface area contributed by atoms with E-state index >= 15 is 0 Å². The lowest BCUT2D eigenvalue weighted by molar-refractivity contribution is 0.0930. The van der Waals surface area contributed by atoms with Crippen molar-refractivity contribution in [3.8, 4) is 11.8 Å². The monoisotopic (exact) mass is 506 g/mol. The highest BCUT2D eigenvalue weighted by Gasteiger charge is 2.20. The van der Waals surface area contributed by atoms with E-state index in [2.05, 4.69) is 57.3 Å². The number of carbonyl (C=O) groups is 1. The van der Waals surface area contributed by atoms with E-state index in [4.69, 9.17) is 21.6 Å². The molecule has 3 aromatic carbocycles. The SMILES string of the molecule is Cc1cc(C)cc(C(CC(C)C)NC(=O)c2cc(OCc3ccc(F)c(Cl)c3)ccc2CCC#N)c1. The van der Waals surface area contributed by atoms with E-state index in [1.165, 1.54) is 12.1 Å². The molecule has 1 N–H and O–H groups in total. The molecule has 0 saturated heterocycles. The number of ether oxygens (including phenoxy) is 1. The number of benzene rings is 3. The molecule has 36 heavy (non-hydrogen) atoms. The summed E-state index contributed by atoms with van der Waals surface area (Å²) in [5.74, 6) is 0.198. The summed E-state index contributed by atoms with van der Waals surface area (Å²) in [6.45, 7) is 8.56. The Morgan fingerprint density at radius 3 is 2.44 bits per heavy atom. The number of carbonyl (C=O) groups excluding carboxylic acids is 1. The van der Waals surface area contributed by atoms with Crippen LogP contribution in [0.2, 0.25) is 5.02 Å². The van der Waals surface area contributed by atoms with Crippen molar-refractivity contribution >= 4 is 17.5 Å². The predicted molar refractivity (Wildman–Crippen MR) is 142 cm³/mol. The van der Waals surface area contributed by atoms with Gasteiger partial charge in [-0.2, -0.15) is 5.26 Å². The average molecular weight is 507 g/mol. The van der Waals surface area contributed by atoms with Crippen molar-refractivity contribution in [2.45, 2.75) is 59.6 Å². The summed E-state index contributed by atoms with van der Waals surface area (Å²) < 4.78 is 19.4. The van der Waals surface area contributed by atoms with E-state index in [0.717, 1.165) is 28.7 Å². The van der Waals surface area contributed by atoms with Crippen LogP contribution in [0.4, 0.5) is 4.39 Å². The van der Waals surface area contributed by atoms with Gasteiger partial charge in [0.15, 0.2) is 0 Å².